The Kier molecular flexibility index (Phi) is 2.45. The highest BCUT2D eigenvalue weighted by molar-refractivity contribution is 5.87. The Morgan fingerprint density at radius 1 is 1.44 bits per heavy atom. The number of Topliss-reactive ketones (excluding diaryl/α,β-unsaturated/α-hetero) is 1. The summed E-state index contributed by atoms with van der Waals surface area (Å²) in [5, 5.41) is 3.51. The van der Waals surface area contributed by atoms with E-state index in [9.17, 15) is 4.79 Å². The van der Waals surface area contributed by atoms with Crippen LogP contribution in [-0.4, -0.2) is 23.9 Å². The van der Waals surface area contributed by atoms with Gasteiger partial charge in [-0.2, -0.15) is 0 Å². The molecule has 1 aromatic rings. The van der Waals surface area contributed by atoms with Gasteiger partial charge in [-0.3, -0.25) is 4.79 Å². The molecule has 0 amide bonds. The van der Waals surface area contributed by atoms with E-state index in [0.29, 0.717) is 5.78 Å². The number of azide groups is 1. The number of aromatic nitrogens is 1. The fraction of sp³-hybridized carbons (Fsp3) is 0.500. The molecule has 6 heteroatoms. The zero-order chi connectivity index (χ0) is 12.6. The number of pyridine rings is 1. The van der Waals surface area contributed by atoms with E-state index in [1.54, 1.807) is 0 Å². The molecule has 1 saturated heterocycles. The molecule has 2 fully saturated rings. The van der Waals surface area contributed by atoms with Crippen molar-refractivity contribution < 1.29 is 4.79 Å². The molecular formula is C12H13N5O. The summed E-state index contributed by atoms with van der Waals surface area (Å²) in [5.41, 5.74) is 9.29. The minimum atomic E-state index is 0.236. The molecule has 0 unspecified atom stereocenters. The lowest BCUT2D eigenvalue weighted by molar-refractivity contribution is -0.134. The average Bonchev–Trinajstić information content (AvgIpc) is 2.29. The summed E-state index contributed by atoms with van der Waals surface area (Å²) < 4.78 is 0. The maximum Gasteiger partial charge on any atom is 0.134 e. The summed E-state index contributed by atoms with van der Waals surface area (Å²) in [6.07, 6.45) is 1.45. The number of carbonyl (C=O) groups excluding carboxylic acids is 1. The van der Waals surface area contributed by atoms with Crippen molar-refractivity contribution in [3.05, 3.63) is 34.3 Å². The predicted molar refractivity (Wildman–Crippen MR) is 66.0 cm³/mol. The zero-order valence-corrected chi connectivity index (χ0v) is 9.91. The average molecular weight is 243 g/mol. The van der Waals surface area contributed by atoms with Crippen LogP contribution < -0.4 is 4.90 Å². The van der Waals surface area contributed by atoms with Crippen molar-refractivity contribution >= 4 is 11.6 Å². The van der Waals surface area contributed by atoms with Crippen LogP contribution in [0.5, 0.6) is 0 Å². The van der Waals surface area contributed by atoms with E-state index in [0.717, 1.165) is 37.4 Å². The number of ketones is 1. The Balaban J connectivity index is 1.67. The van der Waals surface area contributed by atoms with Crippen molar-refractivity contribution in [3.63, 3.8) is 0 Å². The molecule has 18 heavy (non-hydrogen) atoms. The minimum absolute atomic E-state index is 0.236. The predicted octanol–water partition coefficient (Wildman–Crippen LogP) is 2.06. The molecule has 0 aromatic carbocycles. The molecule has 6 nitrogen and oxygen atoms in total. The Labute approximate surface area is 104 Å². The number of carbonyl (C=O) groups is 1. The lowest BCUT2D eigenvalue weighted by Gasteiger charge is -2.55. The van der Waals surface area contributed by atoms with Gasteiger partial charge in [0, 0.05) is 42.0 Å². The summed E-state index contributed by atoms with van der Waals surface area (Å²) in [4.78, 5) is 20.4. The molecule has 0 atom stereocenters. The molecule has 1 aliphatic carbocycles. The molecule has 0 N–H and O–H groups in total. The van der Waals surface area contributed by atoms with Crippen LogP contribution in [0.4, 0.5) is 5.82 Å². The minimum Gasteiger partial charge on any atom is -0.355 e. The molecule has 3 rings (SSSR count). The van der Waals surface area contributed by atoms with Crippen molar-refractivity contribution in [1.29, 1.82) is 0 Å². The third-order valence-electron chi connectivity index (χ3n) is 3.61. The summed E-state index contributed by atoms with van der Waals surface area (Å²) in [5.74, 6) is 1.28. The smallest absolute Gasteiger partial charge is 0.134 e. The Bertz CT molecular complexity index is 533. The van der Waals surface area contributed by atoms with E-state index in [1.165, 1.54) is 0 Å². The standard InChI is InChI=1S/C12H13N5O/c13-16-14-6-9-2-1-3-11(15-9)17-7-12(8-17)4-10(18)5-12/h1-3H,4-8H2. The Morgan fingerprint density at radius 3 is 2.89 bits per heavy atom. The monoisotopic (exact) mass is 243 g/mol. The third kappa shape index (κ3) is 1.80. The molecular weight excluding hydrogens is 230 g/mol. The SMILES string of the molecule is [N-]=[N+]=NCc1cccc(N2CC3(CC(=O)C3)C2)n1. The molecule has 2 heterocycles. The van der Waals surface area contributed by atoms with Crippen LogP contribution in [-0.2, 0) is 11.3 Å². The second-order valence-electron chi connectivity index (χ2n) is 5.12. The summed E-state index contributed by atoms with van der Waals surface area (Å²) in [6.45, 7) is 2.11. The fourth-order valence-corrected chi connectivity index (χ4v) is 2.77. The molecule has 2 aliphatic rings. The number of hydrogen-bond donors (Lipinski definition) is 0. The first-order chi connectivity index (χ1) is 8.71. The highest BCUT2D eigenvalue weighted by atomic mass is 16.1. The number of anilines is 1. The van der Waals surface area contributed by atoms with E-state index in [4.69, 9.17) is 5.53 Å². The van der Waals surface area contributed by atoms with Gasteiger partial charge < -0.3 is 4.90 Å². The van der Waals surface area contributed by atoms with Crippen molar-refractivity contribution in [2.45, 2.75) is 19.4 Å². The lowest BCUT2D eigenvalue weighted by Crippen LogP contribution is -2.63. The molecule has 1 saturated carbocycles. The van der Waals surface area contributed by atoms with E-state index >= 15 is 0 Å². The molecule has 1 aliphatic heterocycles. The zero-order valence-electron chi connectivity index (χ0n) is 9.91. The van der Waals surface area contributed by atoms with E-state index < -0.39 is 0 Å². The molecule has 1 spiro atoms. The van der Waals surface area contributed by atoms with Gasteiger partial charge in [0.25, 0.3) is 0 Å². The number of rotatable bonds is 3. The van der Waals surface area contributed by atoms with Crippen LogP contribution in [0.3, 0.4) is 0 Å². The molecule has 1 aromatic heterocycles. The van der Waals surface area contributed by atoms with Gasteiger partial charge in [-0.1, -0.05) is 11.2 Å². The second-order valence-corrected chi connectivity index (χ2v) is 5.12. The third-order valence-corrected chi connectivity index (χ3v) is 3.61. The van der Waals surface area contributed by atoms with Crippen molar-refractivity contribution in [1.82, 2.24) is 4.98 Å². The Hall–Kier alpha value is -2.07. The molecule has 0 radical (unpaired) electrons. The normalized spacial score (nSPS) is 20.0. The topological polar surface area (TPSA) is 82.0 Å². The number of nitrogens with zero attached hydrogens (tertiary/aromatic N) is 5. The summed E-state index contributed by atoms with van der Waals surface area (Å²) >= 11 is 0. The van der Waals surface area contributed by atoms with Crippen molar-refractivity contribution in [2.75, 3.05) is 18.0 Å². The summed E-state index contributed by atoms with van der Waals surface area (Å²) in [7, 11) is 0. The fourth-order valence-electron chi connectivity index (χ4n) is 2.77. The first-order valence-electron chi connectivity index (χ1n) is 5.94. The van der Waals surface area contributed by atoms with Gasteiger partial charge in [0.1, 0.15) is 11.6 Å². The lowest BCUT2D eigenvalue weighted by atomic mass is 9.63. The van der Waals surface area contributed by atoms with Gasteiger partial charge in [-0.25, -0.2) is 4.98 Å². The van der Waals surface area contributed by atoms with Crippen LogP contribution in [0.15, 0.2) is 23.3 Å². The van der Waals surface area contributed by atoms with Gasteiger partial charge in [-0.05, 0) is 17.7 Å². The highest BCUT2D eigenvalue weighted by Crippen LogP contribution is 2.46. The van der Waals surface area contributed by atoms with Crippen LogP contribution in [0.1, 0.15) is 18.5 Å². The van der Waals surface area contributed by atoms with Crippen LogP contribution in [0.25, 0.3) is 10.4 Å². The highest BCUT2D eigenvalue weighted by Gasteiger charge is 2.52. The van der Waals surface area contributed by atoms with Crippen molar-refractivity contribution in [2.24, 2.45) is 10.5 Å². The largest absolute Gasteiger partial charge is 0.355 e. The van der Waals surface area contributed by atoms with Crippen LogP contribution in [0.2, 0.25) is 0 Å². The Morgan fingerprint density at radius 2 is 2.22 bits per heavy atom. The van der Waals surface area contributed by atoms with Gasteiger partial charge in [0.05, 0.1) is 6.54 Å². The maximum absolute atomic E-state index is 11.0. The van der Waals surface area contributed by atoms with E-state index in [-0.39, 0.29) is 12.0 Å². The van der Waals surface area contributed by atoms with Gasteiger partial charge >= 0.3 is 0 Å². The quantitative estimate of drug-likeness (QED) is 0.463. The van der Waals surface area contributed by atoms with Crippen molar-refractivity contribution in [3.8, 4) is 0 Å². The van der Waals surface area contributed by atoms with E-state index in [2.05, 4.69) is 19.9 Å². The number of hydrogen-bond acceptors (Lipinski definition) is 4. The summed E-state index contributed by atoms with van der Waals surface area (Å²) in [6, 6.07) is 5.72. The molecule has 0 bridgehead atoms. The van der Waals surface area contributed by atoms with Crippen LogP contribution >= 0.6 is 0 Å². The van der Waals surface area contributed by atoms with E-state index in [1.807, 2.05) is 18.2 Å². The molecule has 92 valence electrons. The second kappa shape index (κ2) is 3.99. The van der Waals surface area contributed by atoms with Gasteiger partial charge in [0.15, 0.2) is 0 Å². The first kappa shape index (κ1) is 11.0. The van der Waals surface area contributed by atoms with Crippen LogP contribution in [0, 0.1) is 5.41 Å². The maximum atomic E-state index is 11.0. The van der Waals surface area contributed by atoms with Gasteiger partial charge in [-0.15, -0.1) is 0 Å². The van der Waals surface area contributed by atoms with Gasteiger partial charge in [0.2, 0.25) is 0 Å². The first-order valence-corrected chi connectivity index (χ1v) is 5.94.